The molecule has 0 aliphatic heterocycles. The number of hydrogen-bond acceptors (Lipinski definition) is 4. The van der Waals surface area contributed by atoms with Crippen LogP contribution in [0.2, 0.25) is 0 Å². The van der Waals surface area contributed by atoms with Gasteiger partial charge >= 0.3 is 5.63 Å². The average molecular weight is 351 g/mol. The van der Waals surface area contributed by atoms with E-state index in [1.165, 1.54) is 6.07 Å². The average Bonchev–Trinajstić information content (AvgIpc) is 2.61. The van der Waals surface area contributed by atoms with E-state index in [1.54, 1.807) is 24.3 Å². The summed E-state index contributed by atoms with van der Waals surface area (Å²) in [5.74, 6) is 0.259. The highest BCUT2D eigenvalue weighted by Crippen LogP contribution is 2.20. The first-order valence-corrected chi connectivity index (χ1v) is 8.45. The van der Waals surface area contributed by atoms with E-state index < -0.39 is 5.63 Å². The maximum absolute atomic E-state index is 12.2. The van der Waals surface area contributed by atoms with Crippen LogP contribution in [0.15, 0.2) is 57.7 Å². The summed E-state index contributed by atoms with van der Waals surface area (Å²) >= 11 is 0. The van der Waals surface area contributed by atoms with E-state index in [-0.39, 0.29) is 18.6 Å². The third-order valence-corrected chi connectivity index (χ3v) is 4.24. The minimum absolute atomic E-state index is 0.111. The fourth-order valence-corrected chi connectivity index (χ4v) is 2.87. The van der Waals surface area contributed by atoms with Crippen molar-refractivity contribution < 1.29 is 13.9 Å². The Balaban J connectivity index is 1.63. The Morgan fingerprint density at radius 2 is 1.88 bits per heavy atom. The molecule has 0 saturated heterocycles. The summed E-state index contributed by atoms with van der Waals surface area (Å²) in [6.45, 7) is 5.89. The van der Waals surface area contributed by atoms with Gasteiger partial charge in [0.1, 0.15) is 11.3 Å². The molecule has 26 heavy (non-hydrogen) atoms. The Hall–Kier alpha value is -3.08. The van der Waals surface area contributed by atoms with Crippen LogP contribution in [-0.4, -0.2) is 12.5 Å². The number of ether oxygens (including phenoxy) is 1. The van der Waals surface area contributed by atoms with Gasteiger partial charge in [0.2, 0.25) is 0 Å². The van der Waals surface area contributed by atoms with Crippen molar-refractivity contribution in [3.8, 4) is 5.75 Å². The van der Waals surface area contributed by atoms with Gasteiger partial charge in [-0.15, -0.1) is 0 Å². The van der Waals surface area contributed by atoms with Crippen molar-refractivity contribution in [2.24, 2.45) is 0 Å². The van der Waals surface area contributed by atoms with Crippen molar-refractivity contribution in [3.63, 3.8) is 0 Å². The number of carbonyl (C=O) groups is 1. The zero-order valence-electron chi connectivity index (χ0n) is 15.0. The Bertz CT molecular complexity index is 1010. The lowest BCUT2D eigenvalue weighted by atomic mass is 10.00. The molecule has 1 unspecified atom stereocenters. The summed E-state index contributed by atoms with van der Waals surface area (Å²) in [5.41, 5.74) is 3.38. The van der Waals surface area contributed by atoms with Gasteiger partial charge in [0.25, 0.3) is 5.91 Å². The second-order valence-electron chi connectivity index (χ2n) is 6.39. The van der Waals surface area contributed by atoms with Crippen molar-refractivity contribution in [1.29, 1.82) is 0 Å². The molecule has 1 heterocycles. The molecule has 1 N–H and O–H groups in total. The lowest BCUT2D eigenvalue weighted by Gasteiger charge is -2.17. The van der Waals surface area contributed by atoms with Gasteiger partial charge in [-0.2, -0.15) is 0 Å². The van der Waals surface area contributed by atoms with Gasteiger partial charge < -0.3 is 14.5 Å². The zero-order valence-corrected chi connectivity index (χ0v) is 15.0. The third-order valence-electron chi connectivity index (χ3n) is 4.24. The van der Waals surface area contributed by atoms with Crippen molar-refractivity contribution >= 4 is 16.9 Å². The van der Waals surface area contributed by atoms with Gasteiger partial charge in [0, 0.05) is 17.5 Å². The summed E-state index contributed by atoms with van der Waals surface area (Å²) < 4.78 is 10.7. The number of hydrogen-bond donors (Lipinski definition) is 1. The van der Waals surface area contributed by atoms with E-state index in [9.17, 15) is 9.59 Å². The van der Waals surface area contributed by atoms with Crippen LogP contribution in [-0.2, 0) is 4.79 Å². The van der Waals surface area contributed by atoms with Crippen LogP contribution in [0.3, 0.4) is 0 Å². The largest absolute Gasteiger partial charge is 0.484 e. The van der Waals surface area contributed by atoms with E-state index in [1.807, 2.05) is 26.8 Å². The molecule has 0 aliphatic rings. The molecule has 5 nitrogen and oxygen atoms in total. The number of carbonyl (C=O) groups excluding carboxylic acids is 1. The Morgan fingerprint density at radius 1 is 1.12 bits per heavy atom. The lowest BCUT2D eigenvalue weighted by Crippen LogP contribution is -2.31. The maximum atomic E-state index is 12.2. The first kappa shape index (κ1) is 17.7. The molecule has 1 aromatic heterocycles. The third kappa shape index (κ3) is 4.11. The molecule has 1 amide bonds. The molecule has 134 valence electrons. The normalized spacial score (nSPS) is 12.0. The van der Waals surface area contributed by atoms with Crippen molar-refractivity contribution in [3.05, 3.63) is 75.6 Å². The molecule has 0 spiro atoms. The number of benzene rings is 2. The minimum atomic E-state index is -0.422. The molecular formula is C21H21NO4. The summed E-state index contributed by atoms with van der Waals surface area (Å²) in [5, 5.41) is 3.74. The van der Waals surface area contributed by atoms with Gasteiger partial charge in [0.15, 0.2) is 6.61 Å². The van der Waals surface area contributed by atoms with Gasteiger partial charge in [-0.3, -0.25) is 4.79 Å². The molecular weight excluding hydrogens is 330 g/mol. The smallest absolute Gasteiger partial charge is 0.336 e. The first-order chi connectivity index (χ1) is 12.4. The molecule has 0 radical (unpaired) electrons. The molecule has 3 aromatic rings. The maximum Gasteiger partial charge on any atom is 0.336 e. The van der Waals surface area contributed by atoms with E-state index in [0.717, 1.165) is 22.1 Å². The highest BCUT2D eigenvalue weighted by atomic mass is 16.5. The predicted molar refractivity (Wildman–Crippen MR) is 100 cm³/mol. The predicted octanol–water partition coefficient (Wildman–Crippen LogP) is 3.67. The molecule has 0 bridgehead atoms. The summed E-state index contributed by atoms with van der Waals surface area (Å²) in [6.07, 6.45) is 0. The Morgan fingerprint density at radius 3 is 2.69 bits per heavy atom. The lowest BCUT2D eigenvalue weighted by molar-refractivity contribution is -0.123. The van der Waals surface area contributed by atoms with E-state index >= 15 is 0 Å². The standard InChI is InChI=1S/C21H21NO4/c1-13-4-5-14(2)18(10-13)15(3)22-20(23)12-25-17-8-6-16-7-9-21(24)26-19(16)11-17/h4-11,15H,12H2,1-3H3,(H,22,23). The summed E-state index contributed by atoms with van der Waals surface area (Å²) in [7, 11) is 0. The summed E-state index contributed by atoms with van der Waals surface area (Å²) in [4.78, 5) is 23.5. The summed E-state index contributed by atoms with van der Waals surface area (Å²) in [6, 6.07) is 14.2. The molecule has 5 heteroatoms. The molecule has 0 fully saturated rings. The second-order valence-corrected chi connectivity index (χ2v) is 6.39. The van der Waals surface area contributed by atoms with Crippen LogP contribution in [0.4, 0.5) is 0 Å². The number of amides is 1. The Kier molecular flexibility index (Phi) is 5.07. The number of nitrogens with one attached hydrogen (secondary N) is 1. The van der Waals surface area contributed by atoms with Crippen LogP contribution < -0.4 is 15.7 Å². The monoisotopic (exact) mass is 351 g/mol. The van der Waals surface area contributed by atoms with Gasteiger partial charge in [0.05, 0.1) is 6.04 Å². The van der Waals surface area contributed by atoms with Gasteiger partial charge in [-0.1, -0.05) is 23.8 Å². The molecule has 2 aromatic carbocycles. The SMILES string of the molecule is Cc1ccc(C)c(C(C)NC(=O)COc2ccc3ccc(=O)oc3c2)c1. The quantitative estimate of drug-likeness (QED) is 0.712. The topological polar surface area (TPSA) is 68.5 Å². The van der Waals surface area contributed by atoms with Crippen molar-refractivity contribution in [1.82, 2.24) is 5.32 Å². The van der Waals surface area contributed by atoms with Crippen LogP contribution >= 0.6 is 0 Å². The second kappa shape index (κ2) is 7.44. The number of aryl methyl sites for hydroxylation is 2. The van der Waals surface area contributed by atoms with Crippen molar-refractivity contribution in [2.45, 2.75) is 26.8 Å². The fourth-order valence-electron chi connectivity index (χ4n) is 2.87. The van der Waals surface area contributed by atoms with E-state index in [4.69, 9.17) is 9.15 Å². The van der Waals surface area contributed by atoms with Crippen molar-refractivity contribution in [2.75, 3.05) is 6.61 Å². The highest BCUT2D eigenvalue weighted by molar-refractivity contribution is 5.79. The van der Waals surface area contributed by atoms with Crippen LogP contribution in [0.1, 0.15) is 29.7 Å². The molecule has 0 saturated carbocycles. The van der Waals surface area contributed by atoms with Crippen LogP contribution in [0.5, 0.6) is 5.75 Å². The van der Waals surface area contributed by atoms with E-state index in [0.29, 0.717) is 11.3 Å². The van der Waals surface area contributed by atoms with Gasteiger partial charge in [-0.05, 0) is 50.1 Å². The molecule has 3 rings (SSSR count). The number of rotatable bonds is 5. The molecule has 1 atom stereocenters. The molecule has 0 aliphatic carbocycles. The minimum Gasteiger partial charge on any atom is -0.484 e. The number of fused-ring (bicyclic) bond motifs is 1. The first-order valence-electron chi connectivity index (χ1n) is 8.45. The van der Waals surface area contributed by atoms with Crippen LogP contribution in [0.25, 0.3) is 11.0 Å². The fraction of sp³-hybridized carbons (Fsp3) is 0.238. The zero-order chi connectivity index (χ0) is 18.7. The Labute approximate surface area is 151 Å². The van der Waals surface area contributed by atoms with Gasteiger partial charge in [-0.25, -0.2) is 4.79 Å². The van der Waals surface area contributed by atoms with Crippen LogP contribution in [0, 0.1) is 13.8 Å². The highest BCUT2D eigenvalue weighted by Gasteiger charge is 2.12. The van der Waals surface area contributed by atoms with E-state index in [2.05, 4.69) is 17.4 Å².